The number of aryl methyl sites for hydroxylation is 1. The third kappa shape index (κ3) is 3.35. The van der Waals surface area contributed by atoms with Crippen molar-refractivity contribution in [1.29, 1.82) is 0 Å². The Morgan fingerprint density at radius 1 is 1.67 bits per heavy atom. The Morgan fingerprint density at radius 3 is 3.17 bits per heavy atom. The Kier molecular flexibility index (Phi) is 4.42. The summed E-state index contributed by atoms with van der Waals surface area (Å²) in [6, 6.07) is 3.95. The zero-order chi connectivity index (χ0) is 13.0. The number of hydrogen-bond donors (Lipinski definition) is 1. The second-order valence-electron chi connectivity index (χ2n) is 5.05. The molecule has 1 aromatic rings. The lowest BCUT2D eigenvalue weighted by molar-refractivity contribution is -0.132. The van der Waals surface area contributed by atoms with Crippen LogP contribution in [0.25, 0.3) is 0 Å². The van der Waals surface area contributed by atoms with Crippen molar-refractivity contribution in [2.45, 2.75) is 51.2 Å². The average Bonchev–Trinajstić information content (AvgIpc) is 2.95. The third-order valence-electron chi connectivity index (χ3n) is 3.48. The summed E-state index contributed by atoms with van der Waals surface area (Å²) >= 11 is 0. The first-order chi connectivity index (χ1) is 8.66. The van der Waals surface area contributed by atoms with E-state index in [9.17, 15) is 9.90 Å². The zero-order valence-electron chi connectivity index (χ0n) is 10.8. The topological polar surface area (TPSA) is 53.7 Å². The van der Waals surface area contributed by atoms with Gasteiger partial charge in [-0.3, -0.25) is 4.79 Å². The van der Waals surface area contributed by atoms with Gasteiger partial charge in [0.25, 0.3) is 0 Å². The van der Waals surface area contributed by atoms with Crippen LogP contribution < -0.4 is 0 Å². The van der Waals surface area contributed by atoms with Crippen LogP contribution in [-0.2, 0) is 11.2 Å². The fourth-order valence-corrected chi connectivity index (χ4v) is 2.63. The van der Waals surface area contributed by atoms with E-state index in [1.54, 1.807) is 13.2 Å². The summed E-state index contributed by atoms with van der Waals surface area (Å²) < 4.78 is 5.23. The van der Waals surface area contributed by atoms with Crippen LogP contribution in [0.4, 0.5) is 0 Å². The van der Waals surface area contributed by atoms with Gasteiger partial charge in [0.15, 0.2) is 0 Å². The monoisotopic (exact) mass is 251 g/mol. The van der Waals surface area contributed by atoms with Crippen molar-refractivity contribution in [1.82, 2.24) is 4.90 Å². The Balaban J connectivity index is 1.84. The maximum absolute atomic E-state index is 12.1. The number of nitrogens with zero attached hydrogens (tertiary/aromatic N) is 1. The van der Waals surface area contributed by atoms with E-state index in [2.05, 4.69) is 0 Å². The summed E-state index contributed by atoms with van der Waals surface area (Å²) in [7, 11) is 0. The molecule has 0 aromatic carbocycles. The van der Waals surface area contributed by atoms with Crippen molar-refractivity contribution in [2.75, 3.05) is 6.54 Å². The van der Waals surface area contributed by atoms with Gasteiger partial charge >= 0.3 is 0 Å². The fraction of sp³-hybridized carbons (Fsp3) is 0.643. The SMILES string of the molecule is CC(O)CC1CCCN1C(=O)CCc1ccco1. The Labute approximate surface area is 108 Å². The molecule has 100 valence electrons. The maximum atomic E-state index is 12.1. The van der Waals surface area contributed by atoms with Crippen LogP contribution >= 0.6 is 0 Å². The molecule has 0 bridgehead atoms. The molecule has 18 heavy (non-hydrogen) atoms. The molecule has 1 N–H and O–H groups in total. The second kappa shape index (κ2) is 6.05. The van der Waals surface area contributed by atoms with Gasteiger partial charge in [-0.2, -0.15) is 0 Å². The van der Waals surface area contributed by atoms with E-state index in [4.69, 9.17) is 4.42 Å². The van der Waals surface area contributed by atoms with Gasteiger partial charge in [0, 0.05) is 25.4 Å². The molecular formula is C14H21NO3. The van der Waals surface area contributed by atoms with Crippen LogP contribution in [0.5, 0.6) is 0 Å². The summed E-state index contributed by atoms with van der Waals surface area (Å²) in [5.41, 5.74) is 0. The largest absolute Gasteiger partial charge is 0.469 e. The highest BCUT2D eigenvalue weighted by Crippen LogP contribution is 2.22. The summed E-state index contributed by atoms with van der Waals surface area (Å²) in [6.07, 6.45) is 5.18. The first-order valence-corrected chi connectivity index (χ1v) is 6.66. The van der Waals surface area contributed by atoms with Crippen molar-refractivity contribution < 1.29 is 14.3 Å². The van der Waals surface area contributed by atoms with Crippen LogP contribution in [0.2, 0.25) is 0 Å². The highest BCUT2D eigenvalue weighted by atomic mass is 16.3. The van der Waals surface area contributed by atoms with E-state index < -0.39 is 0 Å². The van der Waals surface area contributed by atoms with Crippen molar-refractivity contribution in [3.05, 3.63) is 24.2 Å². The number of aliphatic hydroxyl groups excluding tert-OH is 1. The third-order valence-corrected chi connectivity index (χ3v) is 3.48. The molecule has 1 saturated heterocycles. The van der Waals surface area contributed by atoms with E-state index >= 15 is 0 Å². The normalized spacial score (nSPS) is 21.2. The summed E-state index contributed by atoms with van der Waals surface area (Å²) in [6.45, 7) is 2.61. The highest BCUT2D eigenvalue weighted by Gasteiger charge is 2.29. The van der Waals surface area contributed by atoms with Crippen LogP contribution in [-0.4, -0.2) is 34.6 Å². The number of hydrogen-bond acceptors (Lipinski definition) is 3. The van der Waals surface area contributed by atoms with Gasteiger partial charge in [-0.05, 0) is 38.3 Å². The second-order valence-corrected chi connectivity index (χ2v) is 5.05. The van der Waals surface area contributed by atoms with Gasteiger partial charge in [-0.1, -0.05) is 0 Å². The molecule has 2 heterocycles. The Bertz CT molecular complexity index is 372. The molecule has 0 aliphatic carbocycles. The average molecular weight is 251 g/mol. The van der Waals surface area contributed by atoms with Gasteiger partial charge < -0.3 is 14.4 Å². The molecule has 1 aliphatic rings. The Morgan fingerprint density at radius 2 is 2.50 bits per heavy atom. The molecule has 1 aliphatic heterocycles. The Hall–Kier alpha value is -1.29. The maximum Gasteiger partial charge on any atom is 0.223 e. The van der Waals surface area contributed by atoms with Crippen molar-refractivity contribution in [3.63, 3.8) is 0 Å². The minimum absolute atomic E-state index is 0.176. The first kappa shape index (κ1) is 13.1. The minimum Gasteiger partial charge on any atom is -0.469 e. The van der Waals surface area contributed by atoms with Gasteiger partial charge in [0.1, 0.15) is 5.76 Å². The molecule has 2 rings (SSSR count). The summed E-state index contributed by atoms with van der Waals surface area (Å²) in [4.78, 5) is 14.1. The van der Waals surface area contributed by atoms with Crippen molar-refractivity contribution in [2.24, 2.45) is 0 Å². The molecule has 4 heteroatoms. The molecule has 1 amide bonds. The van der Waals surface area contributed by atoms with E-state index in [1.165, 1.54) is 0 Å². The van der Waals surface area contributed by atoms with E-state index in [0.29, 0.717) is 19.3 Å². The fourth-order valence-electron chi connectivity index (χ4n) is 2.63. The van der Waals surface area contributed by atoms with Crippen LogP contribution in [0.3, 0.4) is 0 Å². The number of amides is 1. The molecule has 2 unspecified atom stereocenters. The van der Waals surface area contributed by atoms with E-state index in [0.717, 1.165) is 25.1 Å². The molecule has 4 nitrogen and oxygen atoms in total. The van der Waals surface area contributed by atoms with Crippen molar-refractivity contribution >= 4 is 5.91 Å². The summed E-state index contributed by atoms with van der Waals surface area (Å²) in [5.74, 6) is 1.03. The standard InChI is InChI=1S/C14H21NO3/c1-11(16)10-12-4-2-8-15(12)14(17)7-6-13-5-3-9-18-13/h3,5,9,11-12,16H,2,4,6-8,10H2,1H3. The smallest absolute Gasteiger partial charge is 0.223 e. The number of aliphatic hydroxyl groups is 1. The number of rotatable bonds is 5. The lowest BCUT2D eigenvalue weighted by Crippen LogP contribution is -2.37. The number of likely N-dealkylation sites (tertiary alicyclic amines) is 1. The molecule has 0 saturated carbocycles. The van der Waals surface area contributed by atoms with Crippen molar-refractivity contribution in [3.8, 4) is 0 Å². The first-order valence-electron chi connectivity index (χ1n) is 6.66. The minimum atomic E-state index is -0.339. The van der Waals surface area contributed by atoms with Crippen LogP contribution in [0.1, 0.15) is 38.4 Å². The van der Waals surface area contributed by atoms with Crippen LogP contribution in [0, 0.1) is 0 Å². The van der Waals surface area contributed by atoms with Gasteiger partial charge in [-0.25, -0.2) is 0 Å². The van der Waals surface area contributed by atoms with Crippen LogP contribution in [0.15, 0.2) is 22.8 Å². The molecule has 2 atom stereocenters. The zero-order valence-corrected chi connectivity index (χ0v) is 10.8. The van der Waals surface area contributed by atoms with Gasteiger partial charge in [0.2, 0.25) is 5.91 Å². The van der Waals surface area contributed by atoms with Gasteiger partial charge in [0.05, 0.1) is 12.4 Å². The molecule has 1 aromatic heterocycles. The highest BCUT2D eigenvalue weighted by molar-refractivity contribution is 5.77. The summed E-state index contributed by atoms with van der Waals surface area (Å²) in [5, 5.41) is 9.44. The predicted octanol–water partition coefficient (Wildman–Crippen LogP) is 1.97. The lowest BCUT2D eigenvalue weighted by atomic mass is 10.1. The molecule has 1 fully saturated rings. The molecular weight excluding hydrogens is 230 g/mol. The molecule has 0 spiro atoms. The van der Waals surface area contributed by atoms with E-state index in [-0.39, 0.29) is 18.1 Å². The molecule has 0 radical (unpaired) electrons. The number of carbonyl (C=O) groups is 1. The lowest BCUT2D eigenvalue weighted by Gasteiger charge is -2.25. The number of carbonyl (C=O) groups excluding carboxylic acids is 1. The van der Waals surface area contributed by atoms with E-state index in [1.807, 2.05) is 17.0 Å². The number of furan rings is 1. The predicted molar refractivity (Wildman–Crippen MR) is 68.1 cm³/mol. The van der Waals surface area contributed by atoms with Gasteiger partial charge in [-0.15, -0.1) is 0 Å². The quantitative estimate of drug-likeness (QED) is 0.870.